The van der Waals surface area contributed by atoms with Crippen molar-refractivity contribution < 1.29 is 4.84 Å². The average Bonchev–Trinajstić information content (AvgIpc) is 3.48. The first-order valence-electron chi connectivity index (χ1n) is 10.2. The van der Waals surface area contributed by atoms with Crippen LogP contribution in [0.15, 0.2) is 48.5 Å². The molecule has 1 saturated heterocycles. The van der Waals surface area contributed by atoms with Crippen LogP contribution >= 0.6 is 35.6 Å². The highest BCUT2D eigenvalue weighted by Gasteiger charge is 2.50. The van der Waals surface area contributed by atoms with E-state index >= 15 is 0 Å². The predicted octanol–water partition coefficient (Wildman–Crippen LogP) is 4.74. The zero-order valence-corrected chi connectivity index (χ0v) is 19.5. The highest BCUT2D eigenvalue weighted by molar-refractivity contribution is 6.35. The SMILES string of the molecule is Cl.Cn1c(N2CCN(Oc3ccc(Cl)cc3Cl)CC2)nnc1C1(c2ccccc2)CC1. The molecule has 1 saturated carbocycles. The minimum absolute atomic E-state index is 0. The quantitative estimate of drug-likeness (QED) is 0.528. The molecule has 1 aliphatic carbocycles. The summed E-state index contributed by atoms with van der Waals surface area (Å²) in [5, 5.41) is 12.2. The Balaban J connectivity index is 0.00000231. The number of benzene rings is 2. The van der Waals surface area contributed by atoms with Crippen molar-refractivity contribution in [3.05, 3.63) is 70.0 Å². The third kappa shape index (κ3) is 4.22. The number of halogens is 3. The van der Waals surface area contributed by atoms with Gasteiger partial charge in [-0.05, 0) is 36.6 Å². The van der Waals surface area contributed by atoms with Crippen molar-refractivity contribution in [2.45, 2.75) is 18.3 Å². The van der Waals surface area contributed by atoms with Gasteiger partial charge in [0, 0.05) is 25.2 Å². The Morgan fingerprint density at radius 3 is 2.29 bits per heavy atom. The van der Waals surface area contributed by atoms with Crippen molar-refractivity contribution in [1.29, 1.82) is 0 Å². The predicted molar refractivity (Wildman–Crippen MR) is 126 cm³/mol. The molecule has 2 aromatic carbocycles. The molecule has 9 heteroatoms. The Hall–Kier alpha value is -1.99. The molecule has 0 radical (unpaired) electrons. The summed E-state index contributed by atoms with van der Waals surface area (Å²) in [5.41, 5.74) is 1.34. The molecule has 2 fully saturated rings. The fourth-order valence-corrected chi connectivity index (χ4v) is 4.65. The number of rotatable bonds is 5. The van der Waals surface area contributed by atoms with Crippen LogP contribution in [0.4, 0.5) is 5.95 Å². The van der Waals surface area contributed by atoms with Crippen molar-refractivity contribution in [1.82, 2.24) is 19.8 Å². The molecule has 3 aromatic rings. The summed E-state index contributed by atoms with van der Waals surface area (Å²) in [4.78, 5) is 8.22. The van der Waals surface area contributed by atoms with Gasteiger partial charge < -0.3 is 9.74 Å². The lowest BCUT2D eigenvalue weighted by atomic mass is 9.95. The number of hydrogen-bond donors (Lipinski definition) is 0. The Labute approximate surface area is 198 Å². The summed E-state index contributed by atoms with van der Waals surface area (Å²) >= 11 is 12.2. The summed E-state index contributed by atoms with van der Waals surface area (Å²) in [5.74, 6) is 2.58. The maximum absolute atomic E-state index is 6.23. The van der Waals surface area contributed by atoms with E-state index in [9.17, 15) is 0 Å². The van der Waals surface area contributed by atoms with Crippen molar-refractivity contribution >= 4 is 41.6 Å². The van der Waals surface area contributed by atoms with Gasteiger partial charge in [0.15, 0.2) is 5.75 Å². The Morgan fingerprint density at radius 1 is 0.935 bits per heavy atom. The van der Waals surface area contributed by atoms with E-state index in [1.807, 2.05) is 5.06 Å². The molecule has 0 amide bonds. The molecule has 5 rings (SSSR count). The van der Waals surface area contributed by atoms with Crippen molar-refractivity contribution in [2.24, 2.45) is 7.05 Å². The number of anilines is 1. The van der Waals surface area contributed by atoms with Crippen LogP contribution < -0.4 is 9.74 Å². The first-order chi connectivity index (χ1) is 14.6. The van der Waals surface area contributed by atoms with E-state index in [4.69, 9.17) is 28.0 Å². The standard InChI is InChI=1S/C22H23Cl2N5O.ClH/c1-27-20(22(9-10-22)16-5-3-2-4-6-16)25-26-21(27)28-11-13-29(14-12-28)30-19-8-7-17(23)15-18(19)24;/h2-8,15H,9-14H2,1H3;1H. The van der Waals surface area contributed by atoms with Crippen LogP contribution in [0.25, 0.3) is 0 Å². The monoisotopic (exact) mass is 479 g/mol. The van der Waals surface area contributed by atoms with Gasteiger partial charge in [0.2, 0.25) is 5.95 Å². The molecule has 0 atom stereocenters. The number of nitrogens with zero attached hydrogens (tertiary/aromatic N) is 5. The highest BCUT2D eigenvalue weighted by Crippen LogP contribution is 2.52. The third-order valence-corrected chi connectivity index (χ3v) is 6.53. The molecule has 1 aromatic heterocycles. The van der Waals surface area contributed by atoms with Gasteiger partial charge >= 0.3 is 0 Å². The summed E-state index contributed by atoms with van der Waals surface area (Å²) in [6.45, 7) is 3.08. The molecule has 31 heavy (non-hydrogen) atoms. The van der Waals surface area contributed by atoms with Gasteiger partial charge in [0.05, 0.1) is 23.5 Å². The molecule has 0 unspecified atom stereocenters. The van der Waals surface area contributed by atoms with E-state index in [-0.39, 0.29) is 17.8 Å². The molecular weight excluding hydrogens is 457 g/mol. The van der Waals surface area contributed by atoms with E-state index in [0.717, 1.165) is 50.8 Å². The lowest BCUT2D eigenvalue weighted by molar-refractivity contribution is -0.0620. The van der Waals surface area contributed by atoms with Crippen molar-refractivity contribution in [3.63, 3.8) is 0 Å². The van der Waals surface area contributed by atoms with Crippen LogP contribution in [0.1, 0.15) is 24.2 Å². The molecular formula is C22H24Cl3N5O. The molecule has 6 nitrogen and oxygen atoms in total. The largest absolute Gasteiger partial charge is 0.404 e. The molecule has 2 heterocycles. The average molecular weight is 481 g/mol. The van der Waals surface area contributed by atoms with Gasteiger partial charge in [0.25, 0.3) is 0 Å². The normalized spacial score (nSPS) is 17.8. The lowest BCUT2D eigenvalue weighted by Crippen LogP contribution is -2.48. The van der Waals surface area contributed by atoms with Crippen LogP contribution in [0.5, 0.6) is 5.75 Å². The van der Waals surface area contributed by atoms with Crippen LogP contribution in [0, 0.1) is 0 Å². The van der Waals surface area contributed by atoms with Crippen LogP contribution in [-0.4, -0.2) is 46.0 Å². The second-order valence-electron chi connectivity index (χ2n) is 7.91. The molecule has 0 spiro atoms. The Bertz CT molecular complexity index is 1050. The second kappa shape index (κ2) is 8.87. The van der Waals surface area contributed by atoms with Gasteiger partial charge in [-0.1, -0.05) is 53.5 Å². The lowest BCUT2D eigenvalue weighted by Gasteiger charge is -2.34. The minimum atomic E-state index is 0. The molecule has 0 N–H and O–H groups in total. The van der Waals surface area contributed by atoms with E-state index in [1.165, 1.54) is 5.56 Å². The molecule has 1 aliphatic heterocycles. The fraction of sp³-hybridized carbons (Fsp3) is 0.364. The number of aromatic nitrogens is 3. The van der Waals surface area contributed by atoms with Gasteiger partial charge in [0.1, 0.15) is 5.82 Å². The maximum atomic E-state index is 6.23. The fourth-order valence-electron chi connectivity index (χ4n) is 4.20. The first kappa shape index (κ1) is 22.2. The summed E-state index contributed by atoms with van der Waals surface area (Å²) < 4.78 is 2.16. The second-order valence-corrected chi connectivity index (χ2v) is 8.76. The van der Waals surface area contributed by atoms with Crippen molar-refractivity contribution in [3.8, 4) is 5.75 Å². The van der Waals surface area contributed by atoms with Crippen LogP contribution in [-0.2, 0) is 12.5 Å². The van der Waals surface area contributed by atoms with Gasteiger partial charge in [-0.3, -0.25) is 4.57 Å². The number of hydrogen-bond acceptors (Lipinski definition) is 5. The zero-order chi connectivity index (χ0) is 20.7. The smallest absolute Gasteiger partial charge is 0.227 e. The van der Waals surface area contributed by atoms with E-state index in [0.29, 0.717) is 15.8 Å². The van der Waals surface area contributed by atoms with E-state index in [2.05, 4.69) is 57.0 Å². The summed E-state index contributed by atoms with van der Waals surface area (Å²) in [7, 11) is 2.07. The van der Waals surface area contributed by atoms with Crippen LogP contribution in [0.2, 0.25) is 10.0 Å². The Kier molecular flexibility index (Phi) is 6.35. The van der Waals surface area contributed by atoms with E-state index < -0.39 is 0 Å². The van der Waals surface area contributed by atoms with Gasteiger partial charge in [-0.15, -0.1) is 27.7 Å². The minimum Gasteiger partial charge on any atom is -0.404 e. The van der Waals surface area contributed by atoms with E-state index in [1.54, 1.807) is 18.2 Å². The van der Waals surface area contributed by atoms with Crippen LogP contribution in [0.3, 0.4) is 0 Å². The molecule has 0 bridgehead atoms. The van der Waals surface area contributed by atoms with Crippen molar-refractivity contribution in [2.75, 3.05) is 31.1 Å². The van der Waals surface area contributed by atoms with Gasteiger partial charge in [-0.2, -0.15) is 0 Å². The number of piperazine rings is 1. The summed E-state index contributed by atoms with van der Waals surface area (Å²) in [6, 6.07) is 15.9. The molecule has 2 aliphatic rings. The zero-order valence-electron chi connectivity index (χ0n) is 17.2. The molecule has 164 valence electrons. The first-order valence-corrected chi connectivity index (χ1v) is 10.9. The summed E-state index contributed by atoms with van der Waals surface area (Å²) in [6.07, 6.45) is 2.24. The highest BCUT2D eigenvalue weighted by atomic mass is 35.5. The third-order valence-electron chi connectivity index (χ3n) is 6.00. The van der Waals surface area contributed by atoms with Gasteiger partial charge in [-0.25, -0.2) is 0 Å². The number of hydroxylamine groups is 2. The maximum Gasteiger partial charge on any atom is 0.227 e. The Morgan fingerprint density at radius 2 is 1.65 bits per heavy atom. The topological polar surface area (TPSA) is 46.4 Å².